The number of fused-ring (bicyclic) bond motifs is 1. The Morgan fingerprint density at radius 1 is 1.23 bits per heavy atom. The summed E-state index contributed by atoms with van der Waals surface area (Å²) in [5.41, 5.74) is -0.901. The van der Waals surface area contributed by atoms with Gasteiger partial charge in [-0.05, 0) is 36.6 Å². The fourth-order valence-electron chi connectivity index (χ4n) is 4.87. The number of rotatable bonds is 7. The molecule has 1 heterocycles. The number of hydrogen-bond donors (Lipinski definition) is 1. The molecule has 3 rings (SSSR count). The average molecular weight is 476 g/mol. The second kappa shape index (κ2) is 10.9. The van der Waals surface area contributed by atoms with Gasteiger partial charge in [0, 0.05) is 24.9 Å². The number of ether oxygens (including phenoxy) is 3. The van der Waals surface area contributed by atoms with Crippen molar-refractivity contribution < 1.29 is 19.0 Å². The van der Waals surface area contributed by atoms with Crippen molar-refractivity contribution in [2.75, 3.05) is 33.4 Å². The van der Waals surface area contributed by atoms with Gasteiger partial charge < -0.3 is 24.5 Å². The largest absolute Gasteiger partial charge is 0.493 e. The first kappa shape index (κ1) is 25.6. The normalized spacial score (nSPS) is 22.5. The third-order valence-corrected chi connectivity index (χ3v) is 6.62. The topological polar surface area (TPSA) is 143 Å². The quantitative estimate of drug-likeness (QED) is 0.460. The molecule has 1 amide bonds. The van der Waals surface area contributed by atoms with Gasteiger partial charge >= 0.3 is 6.09 Å². The SMILES string of the molecule is CCCCOc1ccc([C@H]2[C@H]3CN(C(=O)OCC)CC=C3[C@@H](C#N)C(=N)C2(C#N)C#N)cc1OC. The molecule has 9 nitrogen and oxygen atoms in total. The van der Waals surface area contributed by atoms with Crippen LogP contribution in [0.15, 0.2) is 29.8 Å². The minimum atomic E-state index is -1.89. The van der Waals surface area contributed by atoms with Crippen molar-refractivity contribution in [1.82, 2.24) is 4.90 Å². The fourth-order valence-corrected chi connectivity index (χ4v) is 4.87. The van der Waals surface area contributed by atoms with E-state index in [1.165, 1.54) is 12.0 Å². The molecule has 0 bridgehead atoms. The second-order valence-electron chi connectivity index (χ2n) is 8.51. The first-order valence-corrected chi connectivity index (χ1v) is 11.7. The van der Waals surface area contributed by atoms with Gasteiger partial charge in [-0.1, -0.05) is 25.5 Å². The summed E-state index contributed by atoms with van der Waals surface area (Å²) in [6, 6.07) is 11.4. The van der Waals surface area contributed by atoms with E-state index in [1.54, 1.807) is 31.2 Å². The standard InChI is InChI=1S/C26H29N5O4/c1-4-6-11-35-21-8-7-17(12-22(21)33-3)23-20-14-31(25(32)34-5-2)10-9-18(20)19(13-27)24(30)26(23,15-28)16-29/h7-9,12,19-20,23,30H,4-6,10-11,14H2,1-3H3/t19-,20+,23+/m1/s1. The highest BCUT2D eigenvalue weighted by Gasteiger charge is 2.58. The van der Waals surface area contributed by atoms with Gasteiger partial charge in [0.1, 0.15) is 5.92 Å². The Labute approximate surface area is 205 Å². The van der Waals surface area contributed by atoms with Gasteiger partial charge in [0.05, 0.1) is 44.2 Å². The van der Waals surface area contributed by atoms with Gasteiger partial charge in [-0.3, -0.25) is 0 Å². The Kier molecular flexibility index (Phi) is 7.99. The van der Waals surface area contributed by atoms with Gasteiger partial charge in [-0.25, -0.2) is 4.79 Å². The van der Waals surface area contributed by atoms with E-state index in [0.717, 1.165) is 12.8 Å². The molecule has 182 valence electrons. The predicted octanol–water partition coefficient (Wildman–Crippen LogP) is 4.18. The summed E-state index contributed by atoms with van der Waals surface area (Å²) in [6.07, 6.45) is 3.10. The Morgan fingerprint density at radius 3 is 2.57 bits per heavy atom. The molecular weight excluding hydrogens is 446 g/mol. The Hall–Kier alpha value is -4.03. The van der Waals surface area contributed by atoms with E-state index in [4.69, 9.17) is 19.6 Å². The zero-order valence-corrected chi connectivity index (χ0v) is 20.2. The number of carbonyl (C=O) groups is 1. The van der Waals surface area contributed by atoms with E-state index in [-0.39, 0.29) is 25.4 Å². The number of benzene rings is 1. The number of unbranched alkanes of at least 4 members (excludes halogenated alkanes) is 1. The van der Waals surface area contributed by atoms with Crippen molar-refractivity contribution in [3.63, 3.8) is 0 Å². The summed E-state index contributed by atoms with van der Waals surface area (Å²) in [4.78, 5) is 14.0. The lowest BCUT2D eigenvalue weighted by Gasteiger charge is -2.47. The number of methoxy groups -OCH3 is 1. The van der Waals surface area contributed by atoms with Crippen LogP contribution in [0.2, 0.25) is 0 Å². The first-order chi connectivity index (χ1) is 16.9. The number of hydrogen-bond acceptors (Lipinski definition) is 8. The van der Waals surface area contributed by atoms with Crippen molar-refractivity contribution in [2.24, 2.45) is 17.3 Å². The molecule has 0 saturated heterocycles. The van der Waals surface area contributed by atoms with E-state index in [0.29, 0.717) is 29.2 Å². The van der Waals surface area contributed by atoms with Crippen molar-refractivity contribution in [1.29, 1.82) is 21.2 Å². The Balaban J connectivity index is 2.15. The van der Waals surface area contributed by atoms with Crippen LogP contribution in [-0.4, -0.2) is 50.1 Å². The minimum Gasteiger partial charge on any atom is -0.493 e. The van der Waals surface area contributed by atoms with Crippen LogP contribution in [0.4, 0.5) is 4.79 Å². The zero-order valence-electron chi connectivity index (χ0n) is 20.2. The molecule has 1 saturated carbocycles. The molecule has 1 aromatic carbocycles. The number of nitriles is 3. The third kappa shape index (κ3) is 4.53. The molecule has 1 aromatic rings. The van der Waals surface area contributed by atoms with Crippen LogP contribution >= 0.6 is 0 Å². The molecule has 0 spiro atoms. The maximum Gasteiger partial charge on any atom is 0.410 e. The van der Waals surface area contributed by atoms with E-state index in [1.807, 2.05) is 0 Å². The molecule has 0 aromatic heterocycles. The average Bonchev–Trinajstić information content (AvgIpc) is 2.88. The number of nitrogens with zero attached hydrogens (tertiary/aromatic N) is 4. The molecule has 2 aliphatic rings. The Bertz CT molecular complexity index is 1130. The molecule has 9 heteroatoms. The maximum absolute atomic E-state index is 12.5. The van der Waals surface area contributed by atoms with Crippen molar-refractivity contribution in [3.05, 3.63) is 35.4 Å². The fraction of sp³-hybridized carbons (Fsp3) is 0.500. The van der Waals surface area contributed by atoms with Crippen molar-refractivity contribution in [3.8, 4) is 29.7 Å². The van der Waals surface area contributed by atoms with E-state index in [2.05, 4.69) is 25.1 Å². The summed E-state index contributed by atoms with van der Waals surface area (Å²) >= 11 is 0. The summed E-state index contributed by atoms with van der Waals surface area (Å²) in [7, 11) is 1.51. The first-order valence-electron chi connectivity index (χ1n) is 11.7. The molecule has 1 aliphatic carbocycles. The molecule has 3 atom stereocenters. The van der Waals surface area contributed by atoms with Gasteiger partial charge in [0.2, 0.25) is 0 Å². The van der Waals surface area contributed by atoms with Gasteiger partial charge in [0.15, 0.2) is 16.9 Å². The Morgan fingerprint density at radius 2 is 1.97 bits per heavy atom. The van der Waals surface area contributed by atoms with Crippen molar-refractivity contribution >= 4 is 11.8 Å². The predicted molar refractivity (Wildman–Crippen MR) is 127 cm³/mol. The maximum atomic E-state index is 12.5. The van der Waals surface area contributed by atoms with Crippen molar-refractivity contribution in [2.45, 2.75) is 32.6 Å². The second-order valence-corrected chi connectivity index (χ2v) is 8.51. The lowest BCUT2D eigenvalue weighted by molar-refractivity contribution is 0.0992. The van der Waals surface area contributed by atoms with Crippen LogP contribution < -0.4 is 9.47 Å². The zero-order chi connectivity index (χ0) is 25.6. The number of carbonyl (C=O) groups excluding carboxylic acids is 1. The lowest BCUT2D eigenvalue weighted by Crippen LogP contribution is -2.53. The van der Waals surface area contributed by atoms with Gasteiger partial charge in [-0.2, -0.15) is 15.8 Å². The highest BCUT2D eigenvalue weighted by atomic mass is 16.6. The molecule has 1 aliphatic heterocycles. The smallest absolute Gasteiger partial charge is 0.410 e. The van der Waals surface area contributed by atoms with Gasteiger partial charge in [0.25, 0.3) is 0 Å². The van der Waals surface area contributed by atoms with Crippen LogP contribution in [0.1, 0.15) is 38.2 Å². The highest BCUT2D eigenvalue weighted by Crippen LogP contribution is 2.54. The van der Waals surface area contributed by atoms with E-state index in [9.17, 15) is 20.6 Å². The molecular formula is C26H29N5O4. The highest BCUT2D eigenvalue weighted by molar-refractivity contribution is 6.01. The van der Waals surface area contributed by atoms with Crippen LogP contribution in [0.25, 0.3) is 0 Å². The minimum absolute atomic E-state index is 0.156. The summed E-state index contributed by atoms with van der Waals surface area (Å²) in [5.74, 6) is -1.38. The van der Waals surface area contributed by atoms with Crippen LogP contribution in [-0.2, 0) is 4.74 Å². The molecule has 0 unspecified atom stereocenters. The molecule has 35 heavy (non-hydrogen) atoms. The van der Waals surface area contributed by atoms with E-state index < -0.39 is 29.3 Å². The summed E-state index contributed by atoms with van der Waals surface area (Å²) in [5, 5.41) is 39.1. The van der Waals surface area contributed by atoms with Crippen LogP contribution in [0, 0.1) is 56.7 Å². The van der Waals surface area contributed by atoms with Crippen LogP contribution in [0.3, 0.4) is 0 Å². The lowest BCUT2D eigenvalue weighted by atomic mass is 9.54. The summed E-state index contributed by atoms with van der Waals surface area (Å²) in [6.45, 7) is 4.89. The van der Waals surface area contributed by atoms with Crippen LogP contribution in [0.5, 0.6) is 11.5 Å². The van der Waals surface area contributed by atoms with E-state index >= 15 is 0 Å². The number of nitrogens with one attached hydrogen (secondary N) is 1. The third-order valence-electron chi connectivity index (χ3n) is 6.62. The molecule has 1 N–H and O–H groups in total. The molecule has 0 radical (unpaired) electrons. The number of amides is 1. The summed E-state index contributed by atoms with van der Waals surface area (Å²) < 4.78 is 16.5. The van der Waals surface area contributed by atoms with Gasteiger partial charge in [-0.15, -0.1) is 0 Å². The molecule has 1 fully saturated rings. The monoisotopic (exact) mass is 475 g/mol.